The lowest BCUT2D eigenvalue weighted by atomic mass is 10.3. The van der Waals surface area contributed by atoms with Crippen LogP contribution < -0.4 is 10.5 Å². The first kappa shape index (κ1) is 13.7. The number of nitro groups is 1. The Morgan fingerprint density at radius 2 is 2.00 bits per heavy atom. The van der Waals surface area contributed by atoms with Crippen LogP contribution in [0.5, 0.6) is 0 Å². The number of sulfonamides is 1. The van der Waals surface area contributed by atoms with Crippen molar-refractivity contribution in [2.24, 2.45) is 0 Å². The van der Waals surface area contributed by atoms with E-state index in [9.17, 15) is 18.5 Å². The van der Waals surface area contributed by atoms with E-state index in [0.717, 1.165) is 12.1 Å². The summed E-state index contributed by atoms with van der Waals surface area (Å²) in [5.74, 6) is 0.0682. The number of hydrogen-bond acceptors (Lipinski definition) is 6. The topological polar surface area (TPSA) is 128 Å². The highest BCUT2D eigenvalue weighted by molar-refractivity contribution is 7.92. The summed E-state index contributed by atoms with van der Waals surface area (Å²) in [5.41, 5.74) is 4.94. The summed E-state index contributed by atoms with van der Waals surface area (Å²) in [6.45, 7) is 0. The molecule has 0 bridgehead atoms. The molecule has 0 radical (unpaired) electrons. The van der Waals surface area contributed by atoms with Crippen LogP contribution in [0.2, 0.25) is 0 Å². The van der Waals surface area contributed by atoms with E-state index < -0.39 is 25.5 Å². The van der Waals surface area contributed by atoms with Gasteiger partial charge >= 0.3 is 0 Å². The first-order valence-electron chi connectivity index (χ1n) is 5.38. The molecule has 0 spiro atoms. The maximum Gasteiger partial charge on any atom is 0.291 e. The molecule has 0 amide bonds. The van der Waals surface area contributed by atoms with Crippen LogP contribution in [0.15, 0.2) is 47.5 Å². The molecule has 0 atom stereocenters. The van der Waals surface area contributed by atoms with E-state index in [0.29, 0.717) is 0 Å². The molecule has 2 aromatic rings. The summed E-state index contributed by atoms with van der Waals surface area (Å²) in [4.78, 5) is 13.4. The molecule has 8 nitrogen and oxygen atoms in total. The van der Waals surface area contributed by atoms with Gasteiger partial charge < -0.3 is 5.73 Å². The van der Waals surface area contributed by atoms with Gasteiger partial charge in [0, 0.05) is 18.0 Å². The second-order valence-corrected chi connectivity index (χ2v) is 5.46. The molecule has 9 heteroatoms. The zero-order chi connectivity index (χ0) is 14.8. The summed E-state index contributed by atoms with van der Waals surface area (Å²) in [5, 5.41) is 10.9. The fourth-order valence-corrected chi connectivity index (χ4v) is 2.68. The van der Waals surface area contributed by atoms with E-state index >= 15 is 0 Å². The highest BCUT2D eigenvalue weighted by Gasteiger charge is 2.26. The van der Waals surface area contributed by atoms with Crippen LogP contribution in [0, 0.1) is 10.1 Å². The van der Waals surface area contributed by atoms with E-state index in [4.69, 9.17) is 5.73 Å². The molecule has 1 aromatic heterocycles. The van der Waals surface area contributed by atoms with Gasteiger partial charge in [0.15, 0.2) is 4.90 Å². The van der Waals surface area contributed by atoms with Gasteiger partial charge in [0.05, 0.1) is 4.92 Å². The number of aromatic nitrogens is 1. The van der Waals surface area contributed by atoms with Gasteiger partial charge in [-0.3, -0.25) is 14.8 Å². The predicted octanol–water partition coefficient (Wildman–Crippen LogP) is 1.37. The Kier molecular flexibility index (Phi) is 3.53. The zero-order valence-electron chi connectivity index (χ0n) is 10.1. The first-order valence-corrected chi connectivity index (χ1v) is 6.86. The number of benzene rings is 1. The van der Waals surface area contributed by atoms with Crippen LogP contribution in [0.1, 0.15) is 0 Å². The molecule has 104 valence electrons. The van der Waals surface area contributed by atoms with Crippen molar-refractivity contribution in [1.29, 1.82) is 0 Å². The van der Waals surface area contributed by atoms with E-state index in [-0.39, 0.29) is 11.5 Å². The number of nitrogens with one attached hydrogen (secondary N) is 1. The Hall–Kier alpha value is -2.68. The van der Waals surface area contributed by atoms with Crippen LogP contribution in [-0.4, -0.2) is 18.3 Å². The van der Waals surface area contributed by atoms with Gasteiger partial charge in [-0.15, -0.1) is 0 Å². The van der Waals surface area contributed by atoms with Crippen LogP contribution in [-0.2, 0) is 10.0 Å². The molecule has 3 N–H and O–H groups in total. The van der Waals surface area contributed by atoms with Crippen LogP contribution in [0.25, 0.3) is 0 Å². The summed E-state index contributed by atoms with van der Waals surface area (Å²) < 4.78 is 26.4. The first-order chi connectivity index (χ1) is 9.40. The summed E-state index contributed by atoms with van der Waals surface area (Å²) in [7, 11) is -4.12. The number of nitrogens with zero attached hydrogens (tertiary/aromatic N) is 2. The normalized spacial score (nSPS) is 11.0. The molecular weight excluding hydrogens is 284 g/mol. The molecule has 20 heavy (non-hydrogen) atoms. The number of rotatable bonds is 4. The number of nitrogens with two attached hydrogens (primary N) is 1. The number of hydrogen-bond donors (Lipinski definition) is 2. The number of nitro benzene ring substituents is 1. The standard InChI is InChI=1S/C11H10N4O4S/c12-8-4-5-10(9(7-8)15(16)17)20(18,19)14-11-3-1-2-6-13-11/h1-7H,12H2,(H,13,14). The molecule has 1 heterocycles. The zero-order valence-corrected chi connectivity index (χ0v) is 10.9. The van der Waals surface area contributed by atoms with Crippen molar-refractivity contribution in [3.8, 4) is 0 Å². The van der Waals surface area contributed by atoms with Gasteiger partial charge in [0.1, 0.15) is 5.82 Å². The Morgan fingerprint density at radius 3 is 2.60 bits per heavy atom. The molecular formula is C11H10N4O4S. The third kappa shape index (κ3) is 2.83. The minimum absolute atomic E-state index is 0.0682. The Labute approximate surface area is 114 Å². The average Bonchev–Trinajstić information content (AvgIpc) is 2.38. The van der Waals surface area contributed by atoms with Crippen molar-refractivity contribution in [3.05, 3.63) is 52.7 Å². The lowest BCUT2D eigenvalue weighted by Crippen LogP contribution is -2.15. The van der Waals surface area contributed by atoms with Crippen LogP contribution >= 0.6 is 0 Å². The fraction of sp³-hybridized carbons (Fsp3) is 0. The van der Waals surface area contributed by atoms with E-state index in [1.165, 1.54) is 18.3 Å². The van der Waals surface area contributed by atoms with Crippen molar-refractivity contribution < 1.29 is 13.3 Å². The molecule has 0 aliphatic rings. The van der Waals surface area contributed by atoms with Crippen molar-refractivity contribution in [1.82, 2.24) is 4.98 Å². The molecule has 0 saturated heterocycles. The summed E-state index contributed by atoms with van der Waals surface area (Å²) in [6, 6.07) is 7.98. The van der Waals surface area contributed by atoms with Crippen molar-refractivity contribution in [2.45, 2.75) is 4.90 Å². The molecule has 2 rings (SSSR count). The Bertz CT molecular complexity index is 746. The molecule has 0 saturated carbocycles. The van der Waals surface area contributed by atoms with Crippen LogP contribution in [0.3, 0.4) is 0 Å². The lowest BCUT2D eigenvalue weighted by Gasteiger charge is -2.07. The average molecular weight is 294 g/mol. The quantitative estimate of drug-likeness (QED) is 0.498. The Balaban J connectivity index is 2.47. The van der Waals surface area contributed by atoms with E-state index in [2.05, 4.69) is 9.71 Å². The molecule has 0 unspecified atom stereocenters. The molecule has 0 fully saturated rings. The highest BCUT2D eigenvalue weighted by atomic mass is 32.2. The number of anilines is 2. The Morgan fingerprint density at radius 1 is 1.25 bits per heavy atom. The van der Waals surface area contributed by atoms with Gasteiger partial charge in [0.25, 0.3) is 15.7 Å². The van der Waals surface area contributed by atoms with E-state index in [1.54, 1.807) is 12.1 Å². The summed E-state index contributed by atoms with van der Waals surface area (Å²) in [6.07, 6.45) is 1.40. The van der Waals surface area contributed by atoms with Crippen molar-refractivity contribution >= 4 is 27.2 Å². The highest BCUT2D eigenvalue weighted by Crippen LogP contribution is 2.27. The van der Waals surface area contributed by atoms with Crippen LogP contribution in [0.4, 0.5) is 17.2 Å². The second-order valence-electron chi connectivity index (χ2n) is 3.80. The fourth-order valence-electron chi connectivity index (χ4n) is 1.52. The second kappa shape index (κ2) is 5.13. The lowest BCUT2D eigenvalue weighted by molar-refractivity contribution is -0.387. The third-order valence-corrected chi connectivity index (χ3v) is 3.78. The summed E-state index contributed by atoms with van der Waals surface area (Å²) >= 11 is 0. The minimum Gasteiger partial charge on any atom is -0.399 e. The van der Waals surface area contributed by atoms with Gasteiger partial charge in [-0.25, -0.2) is 13.4 Å². The van der Waals surface area contributed by atoms with Crippen molar-refractivity contribution in [3.63, 3.8) is 0 Å². The van der Waals surface area contributed by atoms with Gasteiger partial charge in [-0.1, -0.05) is 6.07 Å². The number of pyridine rings is 1. The largest absolute Gasteiger partial charge is 0.399 e. The third-order valence-electron chi connectivity index (χ3n) is 2.37. The molecule has 0 aliphatic heterocycles. The minimum atomic E-state index is -4.12. The smallest absolute Gasteiger partial charge is 0.291 e. The SMILES string of the molecule is Nc1ccc(S(=O)(=O)Nc2ccccn2)c([N+](=O)[O-])c1. The van der Waals surface area contributed by atoms with Crippen molar-refractivity contribution in [2.75, 3.05) is 10.5 Å². The van der Waals surface area contributed by atoms with E-state index in [1.807, 2.05) is 0 Å². The van der Waals surface area contributed by atoms with Gasteiger partial charge in [-0.05, 0) is 24.3 Å². The predicted molar refractivity (Wildman–Crippen MR) is 72.6 cm³/mol. The van der Waals surface area contributed by atoms with Gasteiger partial charge in [0.2, 0.25) is 0 Å². The number of nitrogen functional groups attached to an aromatic ring is 1. The maximum absolute atomic E-state index is 12.1. The molecule has 1 aromatic carbocycles. The monoisotopic (exact) mass is 294 g/mol. The maximum atomic E-state index is 12.1. The van der Waals surface area contributed by atoms with Gasteiger partial charge in [-0.2, -0.15) is 0 Å². The molecule has 0 aliphatic carbocycles.